The van der Waals surface area contributed by atoms with E-state index in [2.05, 4.69) is 31.2 Å². The second-order valence-electron chi connectivity index (χ2n) is 6.13. The highest BCUT2D eigenvalue weighted by atomic mass is 16.5. The van der Waals surface area contributed by atoms with Gasteiger partial charge in [-0.15, -0.1) is 0 Å². The molecule has 2 aliphatic rings. The van der Waals surface area contributed by atoms with Gasteiger partial charge in [0.2, 0.25) is 0 Å². The molecule has 0 amide bonds. The summed E-state index contributed by atoms with van der Waals surface area (Å²) in [6, 6.07) is 0.569. The van der Waals surface area contributed by atoms with Crippen LogP contribution in [0.25, 0.3) is 0 Å². The highest BCUT2D eigenvalue weighted by Gasteiger charge is 2.59. The van der Waals surface area contributed by atoms with Crippen molar-refractivity contribution in [2.24, 2.45) is 12.5 Å². The van der Waals surface area contributed by atoms with E-state index >= 15 is 0 Å². The Balaban J connectivity index is 1.74. The largest absolute Gasteiger partial charge is 0.379 e. The Labute approximate surface area is 115 Å². The molecule has 1 heterocycles. The van der Waals surface area contributed by atoms with Gasteiger partial charge in [0.15, 0.2) is 0 Å². The molecule has 19 heavy (non-hydrogen) atoms. The summed E-state index contributed by atoms with van der Waals surface area (Å²) in [5, 5.41) is 8.25. The van der Waals surface area contributed by atoms with E-state index in [1.807, 2.05) is 11.7 Å². The summed E-state index contributed by atoms with van der Waals surface area (Å²) in [5.41, 5.74) is 3.97. The fraction of sp³-hybridized carbons (Fsp3) is 0.800. The molecule has 2 atom stereocenters. The van der Waals surface area contributed by atoms with E-state index in [-0.39, 0.29) is 0 Å². The third-order valence-electron chi connectivity index (χ3n) is 5.26. The number of hydrogen-bond donors (Lipinski definition) is 1. The van der Waals surface area contributed by atoms with Crippen LogP contribution < -0.4 is 5.32 Å². The molecule has 0 aromatic carbocycles. The Kier molecular flexibility index (Phi) is 3.08. The summed E-state index contributed by atoms with van der Waals surface area (Å²) >= 11 is 0. The zero-order valence-corrected chi connectivity index (χ0v) is 12.5. The quantitative estimate of drug-likeness (QED) is 0.908. The number of aryl methyl sites for hydroxylation is 2. The van der Waals surface area contributed by atoms with Crippen molar-refractivity contribution < 1.29 is 4.74 Å². The van der Waals surface area contributed by atoms with E-state index < -0.39 is 0 Å². The molecule has 2 unspecified atom stereocenters. The first-order valence-corrected chi connectivity index (χ1v) is 7.47. The normalized spacial score (nSPS) is 28.0. The Bertz CT molecular complexity index is 476. The number of nitrogens with zero attached hydrogens (tertiary/aromatic N) is 2. The van der Waals surface area contributed by atoms with Crippen LogP contribution in [0.1, 0.15) is 44.0 Å². The lowest BCUT2D eigenvalue weighted by atomic mass is 9.51. The second-order valence-corrected chi connectivity index (χ2v) is 6.13. The van der Waals surface area contributed by atoms with Gasteiger partial charge < -0.3 is 10.1 Å². The van der Waals surface area contributed by atoms with Crippen LogP contribution in [0.15, 0.2) is 0 Å². The summed E-state index contributed by atoms with van der Waals surface area (Å²) in [5.74, 6) is 0. The molecule has 1 aromatic heterocycles. The minimum Gasteiger partial charge on any atom is -0.379 e. The monoisotopic (exact) mass is 263 g/mol. The van der Waals surface area contributed by atoms with Gasteiger partial charge in [-0.25, -0.2) is 0 Å². The topological polar surface area (TPSA) is 39.1 Å². The van der Waals surface area contributed by atoms with E-state index in [1.165, 1.54) is 30.6 Å². The highest BCUT2D eigenvalue weighted by Crippen LogP contribution is 2.58. The van der Waals surface area contributed by atoms with Crippen molar-refractivity contribution in [3.8, 4) is 0 Å². The van der Waals surface area contributed by atoms with Gasteiger partial charge in [0.1, 0.15) is 0 Å². The molecule has 1 aromatic rings. The highest BCUT2D eigenvalue weighted by molar-refractivity contribution is 5.54. The van der Waals surface area contributed by atoms with Crippen LogP contribution >= 0.6 is 0 Å². The minimum absolute atomic E-state index is 0.407. The van der Waals surface area contributed by atoms with E-state index in [0.717, 1.165) is 18.7 Å². The molecule has 0 radical (unpaired) electrons. The van der Waals surface area contributed by atoms with Crippen molar-refractivity contribution in [3.63, 3.8) is 0 Å². The number of anilines is 1. The van der Waals surface area contributed by atoms with Gasteiger partial charge in [-0.05, 0) is 40.0 Å². The molecule has 4 heteroatoms. The Morgan fingerprint density at radius 1 is 1.42 bits per heavy atom. The van der Waals surface area contributed by atoms with Gasteiger partial charge in [0, 0.05) is 25.1 Å². The molecule has 2 fully saturated rings. The fourth-order valence-corrected chi connectivity index (χ4v) is 3.80. The second kappa shape index (κ2) is 4.51. The molecule has 1 spiro atoms. The average molecular weight is 263 g/mol. The van der Waals surface area contributed by atoms with Crippen LogP contribution in [0.2, 0.25) is 0 Å². The zero-order valence-electron chi connectivity index (χ0n) is 12.5. The summed E-state index contributed by atoms with van der Waals surface area (Å²) in [6.07, 6.45) is 5.59. The van der Waals surface area contributed by atoms with Crippen molar-refractivity contribution in [2.75, 3.05) is 11.9 Å². The third kappa shape index (κ3) is 1.80. The summed E-state index contributed by atoms with van der Waals surface area (Å²) in [4.78, 5) is 0. The lowest BCUT2D eigenvalue weighted by Gasteiger charge is -2.61. The molecule has 0 bridgehead atoms. The minimum atomic E-state index is 0.407. The van der Waals surface area contributed by atoms with Crippen molar-refractivity contribution in [1.29, 1.82) is 0 Å². The average Bonchev–Trinajstić information content (AvgIpc) is 2.51. The maximum absolute atomic E-state index is 5.91. The molecular weight excluding hydrogens is 238 g/mol. The number of nitrogens with one attached hydrogen (secondary N) is 1. The first-order chi connectivity index (χ1) is 9.08. The van der Waals surface area contributed by atoms with Crippen LogP contribution in [0.3, 0.4) is 0 Å². The number of aromatic nitrogens is 2. The Morgan fingerprint density at radius 2 is 2.16 bits per heavy atom. The van der Waals surface area contributed by atoms with E-state index in [0.29, 0.717) is 17.6 Å². The zero-order chi connectivity index (χ0) is 13.6. The summed E-state index contributed by atoms with van der Waals surface area (Å²) in [7, 11) is 2.01. The summed E-state index contributed by atoms with van der Waals surface area (Å²) < 4.78 is 7.87. The van der Waals surface area contributed by atoms with Crippen molar-refractivity contribution >= 4 is 5.69 Å². The molecule has 2 aliphatic carbocycles. The lowest BCUT2D eigenvalue weighted by Crippen LogP contribution is -2.64. The smallest absolute Gasteiger partial charge is 0.0827 e. The van der Waals surface area contributed by atoms with Gasteiger partial charge in [-0.2, -0.15) is 5.10 Å². The molecule has 0 aliphatic heterocycles. The van der Waals surface area contributed by atoms with Crippen LogP contribution in [0, 0.1) is 19.3 Å². The van der Waals surface area contributed by atoms with Crippen LogP contribution in [0.5, 0.6) is 0 Å². The van der Waals surface area contributed by atoms with Crippen LogP contribution in [-0.4, -0.2) is 28.5 Å². The maximum Gasteiger partial charge on any atom is 0.0827 e. The van der Waals surface area contributed by atoms with Crippen LogP contribution in [-0.2, 0) is 11.8 Å². The molecular formula is C15H25N3O. The first kappa shape index (κ1) is 13.0. The van der Waals surface area contributed by atoms with Crippen molar-refractivity contribution in [1.82, 2.24) is 9.78 Å². The lowest BCUT2D eigenvalue weighted by molar-refractivity contribution is -0.157. The third-order valence-corrected chi connectivity index (χ3v) is 5.26. The van der Waals surface area contributed by atoms with Crippen LogP contribution in [0.4, 0.5) is 5.69 Å². The maximum atomic E-state index is 5.91. The van der Waals surface area contributed by atoms with Gasteiger partial charge in [0.05, 0.1) is 23.2 Å². The number of ether oxygens (including phenoxy) is 1. The van der Waals surface area contributed by atoms with Gasteiger partial charge in [0.25, 0.3) is 0 Å². The molecule has 0 saturated heterocycles. The fourth-order valence-electron chi connectivity index (χ4n) is 3.80. The van der Waals surface area contributed by atoms with E-state index in [9.17, 15) is 0 Å². The predicted octanol–water partition coefficient (Wildman–Crippen LogP) is 2.80. The molecule has 3 rings (SSSR count). The van der Waals surface area contributed by atoms with Gasteiger partial charge in [-0.1, -0.05) is 6.42 Å². The first-order valence-electron chi connectivity index (χ1n) is 7.47. The van der Waals surface area contributed by atoms with E-state index in [1.54, 1.807) is 0 Å². The van der Waals surface area contributed by atoms with Crippen molar-refractivity contribution in [2.45, 2.75) is 58.6 Å². The Morgan fingerprint density at radius 3 is 2.63 bits per heavy atom. The Hall–Kier alpha value is -1.03. The number of hydrogen-bond acceptors (Lipinski definition) is 3. The predicted molar refractivity (Wildman–Crippen MR) is 76.4 cm³/mol. The molecule has 1 N–H and O–H groups in total. The van der Waals surface area contributed by atoms with Gasteiger partial charge in [-0.3, -0.25) is 4.68 Å². The molecule has 106 valence electrons. The standard InChI is InChI=1S/C15H25N3O/c1-5-19-13-9-12(15(13)7-6-8-15)16-14-10(2)17-18(4)11(14)3/h12-13,16H,5-9H2,1-4H3. The summed E-state index contributed by atoms with van der Waals surface area (Å²) in [6.45, 7) is 7.16. The van der Waals surface area contributed by atoms with Crippen molar-refractivity contribution in [3.05, 3.63) is 11.4 Å². The molecule has 4 nitrogen and oxygen atoms in total. The van der Waals surface area contributed by atoms with Gasteiger partial charge >= 0.3 is 0 Å². The van der Waals surface area contributed by atoms with E-state index in [4.69, 9.17) is 4.74 Å². The number of rotatable bonds is 4. The SMILES string of the molecule is CCOC1CC(Nc2c(C)nn(C)c2C)C12CCC2. The molecule has 2 saturated carbocycles.